The molecule has 0 fully saturated rings. The number of hydrogen-bond donors (Lipinski definition) is 1. The molecule has 2 aromatic heterocycles. The van der Waals surface area contributed by atoms with E-state index in [0.29, 0.717) is 17.3 Å². The van der Waals surface area contributed by atoms with E-state index in [-0.39, 0.29) is 5.91 Å². The molecular weight excluding hydrogens is 232 g/mol. The fraction of sp³-hybridized carbons (Fsp3) is 0.167. The summed E-state index contributed by atoms with van der Waals surface area (Å²) in [6.45, 7) is 1.86. The number of carbonyl (C=O) groups excluding carboxylic acids is 1. The molecule has 6 nitrogen and oxygen atoms in total. The number of rotatable bonds is 3. The molecule has 1 N–H and O–H groups in total. The van der Waals surface area contributed by atoms with Crippen LogP contribution in [-0.2, 0) is 0 Å². The first-order valence-corrected chi connectivity index (χ1v) is 5.29. The molecule has 0 bridgehead atoms. The first-order valence-electron chi connectivity index (χ1n) is 5.29. The molecule has 2 rings (SSSR count). The van der Waals surface area contributed by atoms with Gasteiger partial charge in [-0.25, -0.2) is 9.97 Å². The van der Waals surface area contributed by atoms with Gasteiger partial charge in [-0.05, 0) is 19.1 Å². The van der Waals surface area contributed by atoms with Gasteiger partial charge in [0.05, 0.1) is 12.7 Å². The fourth-order valence-electron chi connectivity index (χ4n) is 1.31. The van der Waals surface area contributed by atoms with Crippen LogP contribution in [-0.4, -0.2) is 28.0 Å². The van der Waals surface area contributed by atoms with Crippen molar-refractivity contribution in [3.05, 3.63) is 42.0 Å². The lowest BCUT2D eigenvalue weighted by Crippen LogP contribution is -2.13. The van der Waals surface area contributed by atoms with Crippen molar-refractivity contribution in [2.24, 2.45) is 0 Å². The summed E-state index contributed by atoms with van der Waals surface area (Å²) in [5.74, 6) is 0.498. The molecular formula is C12H12N4O2. The Labute approximate surface area is 104 Å². The van der Waals surface area contributed by atoms with Gasteiger partial charge < -0.3 is 10.1 Å². The van der Waals surface area contributed by atoms with E-state index in [1.54, 1.807) is 18.2 Å². The van der Waals surface area contributed by atoms with Gasteiger partial charge in [-0.1, -0.05) is 0 Å². The standard InChI is InChI=1S/C12H12N4O2/c1-8-3-4-9(6-13-8)12(17)16-10-5-11(18-2)15-7-14-10/h3-7H,1-2H3,(H,14,15,16,17). The maximum atomic E-state index is 11.9. The Morgan fingerprint density at radius 3 is 2.78 bits per heavy atom. The molecule has 0 radical (unpaired) electrons. The third kappa shape index (κ3) is 2.79. The van der Waals surface area contributed by atoms with Crippen LogP contribution < -0.4 is 10.1 Å². The topological polar surface area (TPSA) is 77.0 Å². The number of nitrogens with one attached hydrogen (secondary N) is 1. The van der Waals surface area contributed by atoms with Gasteiger partial charge in [-0.15, -0.1) is 0 Å². The first kappa shape index (κ1) is 12.0. The Balaban J connectivity index is 2.13. The van der Waals surface area contributed by atoms with E-state index in [2.05, 4.69) is 20.3 Å². The monoisotopic (exact) mass is 244 g/mol. The second kappa shape index (κ2) is 5.22. The highest BCUT2D eigenvalue weighted by Crippen LogP contribution is 2.11. The summed E-state index contributed by atoms with van der Waals surface area (Å²) in [7, 11) is 1.50. The average Bonchev–Trinajstić information content (AvgIpc) is 2.39. The summed E-state index contributed by atoms with van der Waals surface area (Å²) in [6, 6.07) is 5.02. The molecule has 0 aliphatic rings. The van der Waals surface area contributed by atoms with Crippen molar-refractivity contribution >= 4 is 11.7 Å². The SMILES string of the molecule is COc1cc(NC(=O)c2ccc(C)nc2)ncn1. The quantitative estimate of drug-likeness (QED) is 0.884. The third-order valence-electron chi connectivity index (χ3n) is 2.27. The summed E-state index contributed by atoms with van der Waals surface area (Å²) in [5, 5.41) is 2.64. The number of amides is 1. The highest BCUT2D eigenvalue weighted by atomic mass is 16.5. The zero-order valence-corrected chi connectivity index (χ0v) is 10.0. The predicted octanol–water partition coefficient (Wildman–Crippen LogP) is 1.44. The van der Waals surface area contributed by atoms with Crippen molar-refractivity contribution < 1.29 is 9.53 Å². The zero-order valence-electron chi connectivity index (χ0n) is 10.0. The van der Waals surface area contributed by atoms with E-state index < -0.39 is 0 Å². The molecule has 0 atom stereocenters. The number of ether oxygens (including phenoxy) is 1. The minimum Gasteiger partial charge on any atom is -0.481 e. The van der Waals surface area contributed by atoms with Gasteiger partial charge in [0.1, 0.15) is 12.1 Å². The molecule has 0 aromatic carbocycles. The van der Waals surface area contributed by atoms with Gasteiger partial charge in [-0.3, -0.25) is 9.78 Å². The maximum Gasteiger partial charge on any atom is 0.258 e. The van der Waals surface area contributed by atoms with Crippen molar-refractivity contribution in [2.45, 2.75) is 6.92 Å². The molecule has 18 heavy (non-hydrogen) atoms. The molecule has 2 heterocycles. The molecule has 0 unspecified atom stereocenters. The summed E-state index contributed by atoms with van der Waals surface area (Å²) < 4.78 is 4.94. The van der Waals surface area contributed by atoms with E-state index in [1.807, 2.05) is 6.92 Å². The predicted molar refractivity (Wildman–Crippen MR) is 65.5 cm³/mol. The van der Waals surface area contributed by atoms with Crippen LogP contribution in [0.1, 0.15) is 16.1 Å². The van der Waals surface area contributed by atoms with Gasteiger partial charge in [0.15, 0.2) is 0 Å². The van der Waals surface area contributed by atoms with Gasteiger partial charge in [-0.2, -0.15) is 0 Å². The van der Waals surface area contributed by atoms with E-state index in [4.69, 9.17) is 4.74 Å². The Bertz CT molecular complexity index is 554. The lowest BCUT2D eigenvalue weighted by atomic mass is 10.2. The smallest absolute Gasteiger partial charge is 0.258 e. The van der Waals surface area contributed by atoms with Crippen molar-refractivity contribution in [2.75, 3.05) is 12.4 Å². The Kier molecular flexibility index (Phi) is 3.47. The van der Waals surface area contributed by atoms with Crippen LogP contribution >= 0.6 is 0 Å². The molecule has 92 valence electrons. The van der Waals surface area contributed by atoms with Gasteiger partial charge in [0.2, 0.25) is 5.88 Å². The number of anilines is 1. The highest BCUT2D eigenvalue weighted by molar-refractivity contribution is 6.03. The van der Waals surface area contributed by atoms with Crippen LogP contribution in [0.15, 0.2) is 30.7 Å². The number of nitrogens with zero attached hydrogens (tertiary/aromatic N) is 3. The summed E-state index contributed by atoms with van der Waals surface area (Å²) >= 11 is 0. The van der Waals surface area contributed by atoms with Crippen molar-refractivity contribution in [1.29, 1.82) is 0 Å². The van der Waals surface area contributed by atoms with E-state index >= 15 is 0 Å². The van der Waals surface area contributed by atoms with E-state index in [1.165, 1.54) is 19.6 Å². The second-order valence-electron chi connectivity index (χ2n) is 3.59. The van der Waals surface area contributed by atoms with Crippen molar-refractivity contribution in [3.63, 3.8) is 0 Å². The Hall–Kier alpha value is -2.50. The number of hydrogen-bond acceptors (Lipinski definition) is 5. The number of aromatic nitrogens is 3. The molecule has 0 spiro atoms. The van der Waals surface area contributed by atoms with Crippen LogP contribution in [0.4, 0.5) is 5.82 Å². The van der Waals surface area contributed by atoms with Crippen molar-refractivity contribution in [3.8, 4) is 5.88 Å². The second-order valence-corrected chi connectivity index (χ2v) is 3.59. The van der Waals surface area contributed by atoms with E-state index in [0.717, 1.165) is 5.69 Å². The number of pyridine rings is 1. The third-order valence-corrected chi connectivity index (χ3v) is 2.27. The van der Waals surface area contributed by atoms with Gasteiger partial charge in [0.25, 0.3) is 5.91 Å². The van der Waals surface area contributed by atoms with Gasteiger partial charge in [0, 0.05) is 18.0 Å². The molecule has 6 heteroatoms. The van der Waals surface area contributed by atoms with Crippen molar-refractivity contribution in [1.82, 2.24) is 15.0 Å². The van der Waals surface area contributed by atoms with Crippen LogP contribution in [0.5, 0.6) is 5.88 Å². The summed E-state index contributed by atoms with van der Waals surface area (Å²) in [6.07, 6.45) is 2.84. The number of methoxy groups -OCH3 is 1. The summed E-state index contributed by atoms with van der Waals surface area (Å²) in [5.41, 5.74) is 1.33. The van der Waals surface area contributed by atoms with Crippen LogP contribution in [0.3, 0.4) is 0 Å². The summed E-state index contributed by atoms with van der Waals surface area (Å²) in [4.78, 5) is 23.7. The zero-order chi connectivity index (χ0) is 13.0. The van der Waals surface area contributed by atoms with Crippen LogP contribution in [0, 0.1) is 6.92 Å². The number of carbonyl (C=O) groups is 1. The average molecular weight is 244 g/mol. The minimum absolute atomic E-state index is 0.275. The largest absolute Gasteiger partial charge is 0.481 e. The molecule has 1 amide bonds. The van der Waals surface area contributed by atoms with E-state index in [9.17, 15) is 4.79 Å². The lowest BCUT2D eigenvalue weighted by molar-refractivity contribution is 0.102. The van der Waals surface area contributed by atoms with Gasteiger partial charge >= 0.3 is 0 Å². The first-order chi connectivity index (χ1) is 8.69. The normalized spacial score (nSPS) is 9.89. The minimum atomic E-state index is -0.275. The van der Waals surface area contributed by atoms with Crippen LogP contribution in [0.25, 0.3) is 0 Å². The lowest BCUT2D eigenvalue weighted by Gasteiger charge is -2.05. The maximum absolute atomic E-state index is 11.9. The molecule has 0 aliphatic heterocycles. The number of aryl methyl sites for hydroxylation is 1. The molecule has 0 aliphatic carbocycles. The van der Waals surface area contributed by atoms with Crippen LogP contribution in [0.2, 0.25) is 0 Å². The molecule has 0 saturated carbocycles. The molecule has 2 aromatic rings. The highest BCUT2D eigenvalue weighted by Gasteiger charge is 2.07. The fourth-order valence-corrected chi connectivity index (χ4v) is 1.31. The Morgan fingerprint density at radius 2 is 2.11 bits per heavy atom. The Morgan fingerprint density at radius 1 is 1.28 bits per heavy atom. The molecule has 0 saturated heterocycles.